The van der Waals surface area contributed by atoms with Crippen LogP contribution in [0.25, 0.3) is 0 Å². The van der Waals surface area contributed by atoms with Crippen molar-refractivity contribution < 1.29 is 4.74 Å². The van der Waals surface area contributed by atoms with Crippen LogP contribution < -0.4 is 10.1 Å². The molecular formula is C20H34N4O. The SMILES string of the molecule is CCN(CCNC(=NC)N1CCC(c2ccc(OC)cc2)C1)C(C)C. The van der Waals surface area contributed by atoms with Gasteiger partial charge in [-0.15, -0.1) is 0 Å². The predicted octanol–water partition coefficient (Wildman–Crippen LogP) is 2.79. The molecule has 1 unspecified atom stereocenters. The summed E-state index contributed by atoms with van der Waals surface area (Å²) in [6, 6.07) is 9.06. The van der Waals surface area contributed by atoms with Crippen molar-refractivity contribution in [3.63, 3.8) is 0 Å². The molecule has 1 aliphatic heterocycles. The second-order valence-electron chi connectivity index (χ2n) is 6.90. The van der Waals surface area contributed by atoms with Gasteiger partial charge in [0.05, 0.1) is 7.11 Å². The van der Waals surface area contributed by atoms with Crippen LogP contribution >= 0.6 is 0 Å². The molecule has 5 heteroatoms. The van der Waals surface area contributed by atoms with Gasteiger partial charge >= 0.3 is 0 Å². The van der Waals surface area contributed by atoms with Gasteiger partial charge < -0.3 is 15.0 Å². The number of aliphatic imine (C=N–C) groups is 1. The van der Waals surface area contributed by atoms with Crippen molar-refractivity contribution in [2.45, 2.75) is 39.2 Å². The van der Waals surface area contributed by atoms with Gasteiger partial charge in [-0.25, -0.2) is 0 Å². The van der Waals surface area contributed by atoms with Crippen LogP contribution in [0, 0.1) is 0 Å². The first kappa shape index (κ1) is 19.6. The lowest BCUT2D eigenvalue weighted by Crippen LogP contribution is -2.44. The minimum absolute atomic E-state index is 0.562. The Morgan fingerprint density at radius 3 is 2.64 bits per heavy atom. The zero-order valence-corrected chi connectivity index (χ0v) is 16.5. The van der Waals surface area contributed by atoms with Gasteiger partial charge in [-0.2, -0.15) is 0 Å². The van der Waals surface area contributed by atoms with Crippen molar-refractivity contribution in [3.8, 4) is 5.75 Å². The summed E-state index contributed by atoms with van der Waals surface area (Å²) in [7, 11) is 3.59. The van der Waals surface area contributed by atoms with Crippen LogP contribution in [0.1, 0.15) is 38.7 Å². The molecule has 2 rings (SSSR count). The number of nitrogens with one attached hydrogen (secondary N) is 1. The average Bonchev–Trinajstić information content (AvgIpc) is 3.11. The maximum absolute atomic E-state index is 5.25. The van der Waals surface area contributed by atoms with E-state index in [1.54, 1.807) is 7.11 Å². The van der Waals surface area contributed by atoms with Gasteiger partial charge in [0.15, 0.2) is 5.96 Å². The average molecular weight is 347 g/mol. The Bertz CT molecular complexity index is 541. The number of methoxy groups -OCH3 is 1. The van der Waals surface area contributed by atoms with E-state index in [0.717, 1.165) is 44.4 Å². The number of ether oxygens (including phenoxy) is 1. The number of likely N-dealkylation sites (tertiary alicyclic amines) is 1. The van der Waals surface area contributed by atoms with Gasteiger partial charge in [-0.05, 0) is 44.5 Å². The fourth-order valence-corrected chi connectivity index (χ4v) is 3.53. The molecule has 5 nitrogen and oxygen atoms in total. The highest BCUT2D eigenvalue weighted by atomic mass is 16.5. The number of benzene rings is 1. The van der Waals surface area contributed by atoms with Crippen molar-refractivity contribution in [3.05, 3.63) is 29.8 Å². The molecule has 1 aromatic carbocycles. The zero-order chi connectivity index (χ0) is 18.2. The standard InChI is InChI=1S/C20H34N4O/c1-6-23(16(2)3)14-12-22-20(21-4)24-13-11-18(15-24)17-7-9-19(25-5)10-8-17/h7-10,16,18H,6,11-15H2,1-5H3,(H,21,22). The predicted molar refractivity (Wildman–Crippen MR) is 106 cm³/mol. The van der Waals surface area contributed by atoms with Crippen molar-refractivity contribution >= 4 is 5.96 Å². The molecule has 1 saturated heterocycles. The Balaban J connectivity index is 1.85. The topological polar surface area (TPSA) is 40.1 Å². The lowest BCUT2D eigenvalue weighted by atomic mass is 9.98. The lowest BCUT2D eigenvalue weighted by Gasteiger charge is -2.27. The minimum atomic E-state index is 0.562. The van der Waals surface area contributed by atoms with E-state index in [9.17, 15) is 0 Å². The number of guanidine groups is 1. The van der Waals surface area contributed by atoms with Crippen LogP contribution in [-0.4, -0.2) is 68.7 Å². The summed E-state index contributed by atoms with van der Waals surface area (Å²) in [6.45, 7) is 11.9. The highest BCUT2D eigenvalue weighted by molar-refractivity contribution is 5.80. The molecule has 0 bridgehead atoms. The summed E-state index contributed by atoms with van der Waals surface area (Å²) in [6.07, 6.45) is 1.17. The molecule has 25 heavy (non-hydrogen) atoms. The Morgan fingerprint density at radius 1 is 1.36 bits per heavy atom. The fraction of sp³-hybridized carbons (Fsp3) is 0.650. The van der Waals surface area contributed by atoms with E-state index in [1.165, 1.54) is 12.0 Å². The summed E-state index contributed by atoms with van der Waals surface area (Å²) in [5.41, 5.74) is 1.38. The van der Waals surface area contributed by atoms with Crippen LogP contribution in [0.4, 0.5) is 0 Å². The van der Waals surface area contributed by atoms with Gasteiger partial charge in [-0.1, -0.05) is 19.1 Å². The number of hydrogen-bond acceptors (Lipinski definition) is 3. The molecule has 1 heterocycles. The number of likely N-dealkylation sites (N-methyl/N-ethyl adjacent to an activating group) is 1. The number of nitrogens with zero attached hydrogens (tertiary/aromatic N) is 3. The Kier molecular flexibility index (Phi) is 7.56. The molecule has 0 aliphatic carbocycles. The Hall–Kier alpha value is -1.75. The summed E-state index contributed by atoms with van der Waals surface area (Å²) in [4.78, 5) is 9.32. The monoisotopic (exact) mass is 346 g/mol. The van der Waals surface area contributed by atoms with Crippen molar-refractivity contribution in [2.24, 2.45) is 4.99 Å². The third kappa shape index (κ3) is 5.36. The smallest absolute Gasteiger partial charge is 0.193 e. The third-order valence-electron chi connectivity index (χ3n) is 5.11. The summed E-state index contributed by atoms with van der Waals surface area (Å²) in [5.74, 6) is 2.50. The van der Waals surface area contributed by atoms with E-state index in [0.29, 0.717) is 12.0 Å². The van der Waals surface area contributed by atoms with Crippen LogP contribution in [0.15, 0.2) is 29.3 Å². The first-order chi connectivity index (χ1) is 12.1. The molecule has 0 radical (unpaired) electrons. The van der Waals surface area contributed by atoms with E-state index in [-0.39, 0.29) is 0 Å². The Morgan fingerprint density at radius 2 is 2.08 bits per heavy atom. The summed E-state index contributed by atoms with van der Waals surface area (Å²) in [5, 5.41) is 3.54. The van der Waals surface area contributed by atoms with Gasteiger partial charge in [0.2, 0.25) is 0 Å². The number of rotatable bonds is 7. The molecule has 0 aromatic heterocycles. The van der Waals surface area contributed by atoms with Gasteiger partial charge in [0.1, 0.15) is 5.75 Å². The van der Waals surface area contributed by atoms with Crippen molar-refractivity contribution in [1.29, 1.82) is 0 Å². The second-order valence-corrected chi connectivity index (χ2v) is 6.90. The number of hydrogen-bond donors (Lipinski definition) is 1. The quantitative estimate of drug-likeness (QED) is 0.609. The van der Waals surface area contributed by atoms with Gasteiger partial charge in [-0.3, -0.25) is 9.89 Å². The van der Waals surface area contributed by atoms with Crippen LogP contribution in [0.3, 0.4) is 0 Å². The normalized spacial score (nSPS) is 18.3. The molecule has 1 fully saturated rings. The molecule has 140 valence electrons. The highest BCUT2D eigenvalue weighted by Gasteiger charge is 2.26. The van der Waals surface area contributed by atoms with E-state index < -0.39 is 0 Å². The molecule has 0 saturated carbocycles. The maximum atomic E-state index is 5.25. The van der Waals surface area contributed by atoms with Crippen molar-refractivity contribution in [1.82, 2.24) is 15.1 Å². The van der Waals surface area contributed by atoms with Gasteiger partial charge in [0, 0.05) is 45.2 Å². The lowest BCUT2D eigenvalue weighted by molar-refractivity contribution is 0.236. The summed E-state index contributed by atoms with van der Waals surface area (Å²) < 4.78 is 5.25. The van der Waals surface area contributed by atoms with E-state index in [1.807, 2.05) is 7.05 Å². The van der Waals surface area contributed by atoms with Crippen molar-refractivity contribution in [2.75, 3.05) is 46.9 Å². The fourth-order valence-electron chi connectivity index (χ4n) is 3.53. The van der Waals surface area contributed by atoms with E-state index >= 15 is 0 Å². The molecule has 0 spiro atoms. The first-order valence-corrected chi connectivity index (χ1v) is 9.42. The molecule has 0 amide bonds. The molecular weight excluding hydrogens is 312 g/mol. The van der Waals surface area contributed by atoms with E-state index in [2.05, 4.69) is 65.1 Å². The molecule has 1 atom stereocenters. The largest absolute Gasteiger partial charge is 0.497 e. The summed E-state index contributed by atoms with van der Waals surface area (Å²) >= 11 is 0. The minimum Gasteiger partial charge on any atom is -0.497 e. The molecule has 1 N–H and O–H groups in total. The zero-order valence-electron chi connectivity index (χ0n) is 16.5. The third-order valence-corrected chi connectivity index (χ3v) is 5.11. The first-order valence-electron chi connectivity index (χ1n) is 9.42. The van der Waals surface area contributed by atoms with Crippen LogP contribution in [0.5, 0.6) is 5.75 Å². The van der Waals surface area contributed by atoms with Gasteiger partial charge in [0.25, 0.3) is 0 Å². The second kappa shape index (κ2) is 9.66. The van der Waals surface area contributed by atoms with E-state index in [4.69, 9.17) is 4.74 Å². The van der Waals surface area contributed by atoms with Crippen LogP contribution in [0.2, 0.25) is 0 Å². The Labute approximate surface area is 153 Å². The molecule has 1 aliphatic rings. The van der Waals surface area contributed by atoms with Crippen LogP contribution in [-0.2, 0) is 0 Å². The highest BCUT2D eigenvalue weighted by Crippen LogP contribution is 2.28. The molecule has 1 aromatic rings. The maximum Gasteiger partial charge on any atom is 0.193 e.